The lowest BCUT2D eigenvalue weighted by Crippen LogP contribution is -2.09. The van der Waals surface area contributed by atoms with Crippen LogP contribution in [0.15, 0.2) is 0 Å². The lowest BCUT2D eigenvalue weighted by atomic mass is 10.1. The molecule has 4 nitrogen and oxygen atoms in total. The van der Waals surface area contributed by atoms with Crippen LogP contribution < -0.4 is 0 Å². The smallest absolute Gasteiger partial charge is 0.305 e. The molecule has 0 radical (unpaired) electrons. The number of unbranched alkanes of at least 4 members (excludes halogenated alkanes) is 16. The van der Waals surface area contributed by atoms with E-state index in [1.54, 1.807) is 0 Å². The fraction of sp³-hybridized carbons (Fsp3) is 0.964. The van der Waals surface area contributed by atoms with Crippen LogP contribution in [-0.4, -0.2) is 39.0 Å². The number of ether oxygens (including phenoxy) is 3. The van der Waals surface area contributed by atoms with Crippen LogP contribution >= 0.6 is 0 Å². The lowest BCUT2D eigenvalue weighted by molar-refractivity contribution is -0.144. The molecule has 0 aliphatic heterocycles. The highest BCUT2D eigenvalue weighted by Crippen LogP contribution is 2.11. The Morgan fingerprint density at radius 2 is 0.812 bits per heavy atom. The third-order valence-corrected chi connectivity index (χ3v) is 5.94. The van der Waals surface area contributed by atoms with Gasteiger partial charge < -0.3 is 14.2 Å². The molecule has 32 heavy (non-hydrogen) atoms. The summed E-state index contributed by atoms with van der Waals surface area (Å²) in [5, 5.41) is 0. The van der Waals surface area contributed by atoms with Gasteiger partial charge in [-0.3, -0.25) is 4.79 Å². The van der Waals surface area contributed by atoms with Gasteiger partial charge in [-0.05, 0) is 19.3 Å². The minimum Gasteiger partial charge on any atom is -0.466 e. The minimum absolute atomic E-state index is 0.0875. The molecule has 0 saturated carbocycles. The van der Waals surface area contributed by atoms with E-state index >= 15 is 0 Å². The largest absolute Gasteiger partial charge is 0.466 e. The molecule has 0 amide bonds. The summed E-state index contributed by atoms with van der Waals surface area (Å²) in [6, 6.07) is 0. The molecule has 192 valence electrons. The second-order valence-electron chi connectivity index (χ2n) is 9.21. The summed E-state index contributed by atoms with van der Waals surface area (Å²) >= 11 is 0. The van der Waals surface area contributed by atoms with Gasteiger partial charge in [-0.15, -0.1) is 0 Å². The summed E-state index contributed by atoms with van der Waals surface area (Å²) in [7, 11) is 0. The van der Waals surface area contributed by atoms with Crippen LogP contribution in [0.3, 0.4) is 0 Å². The molecule has 4 heteroatoms. The normalized spacial score (nSPS) is 11.2. The third-order valence-electron chi connectivity index (χ3n) is 5.94. The van der Waals surface area contributed by atoms with Crippen LogP contribution in [0.4, 0.5) is 0 Å². The molecular formula is C28H56O4. The Bertz CT molecular complexity index is 359. The van der Waals surface area contributed by atoms with Crippen LogP contribution in [0.25, 0.3) is 0 Å². The van der Waals surface area contributed by atoms with Crippen molar-refractivity contribution in [2.24, 2.45) is 0 Å². The van der Waals surface area contributed by atoms with Gasteiger partial charge in [-0.2, -0.15) is 0 Å². The fourth-order valence-corrected chi connectivity index (χ4v) is 3.83. The second kappa shape index (κ2) is 28.4. The molecule has 0 aliphatic carbocycles. The topological polar surface area (TPSA) is 44.8 Å². The first-order valence-corrected chi connectivity index (χ1v) is 14.1. The molecule has 0 spiro atoms. The van der Waals surface area contributed by atoms with Crippen molar-refractivity contribution in [2.75, 3.05) is 33.0 Å². The van der Waals surface area contributed by atoms with Gasteiger partial charge in [0.25, 0.3) is 0 Å². The van der Waals surface area contributed by atoms with E-state index in [1.165, 1.54) is 103 Å². The van der Waals surface area contributed by atoms with Crippen LogP contribution in [0, 0.1) is 0 Å². The summed E-state index contributed by atoms with van der Waals surface area (Å²) in [4.78, 5) is 11.7. The number of esters is 1. The zero-order chi connectivity index (χ0) is 23.4. The molecule has 0 bridgehead atoms. The van der Waals surface area contributed by atoms with Crippen molar-refractivity contribution in [2.45, 2.75) is 142 Å². The molecule has 0 heterocycles. The van der Waals surface area contributed by atoms with E-state index in [1.807, 2.05) is 0 Å². The van der Waals surface area contributed by atoms with Gasteiger partial charge in [0.2, 0.25) is 0 Å². The highest BCUT2D eigenvalue weighted by atomic mass is 16.5. The first-order chi connectivity index (χ1) is 15.8. The van der Waals surface area contributed by atoms with Crippen molar-refractivity contribution >= 4 is 5.97 Å². The standard InChI is InChI=1S/C28H56O4/c1-3-5-7-9-11-13-14-16-18-20-25-32-28(29)22-21-24-31-27-26-30-23-19-17-15-12-10-8-6-4-2/h3-27H2,1-2H3. The molecule has 0 N–H and O–H groups in total. The Hall–Kier alpha value is -0.610. The molecule has 0 fully saturated rings. The third kappa shape index (κ3) is 27.4. The minimum atomic E-state index is -0.0875. The summed E-state index contributed by atoms with van der Waals surface area (Å²) in [5.74, 6) is -0.0875. The molecule has 0 aromatic heterocycles. The Labute approximate surface area is 200 Å². The second-order valence-corrected chi connectivity index (χ2v) is 9.21. The van der Waals surface area contributed by atoms with Crippen molar-refractivity contribution in [1.82, 2.24) is 0 Å². The summed E-state index contributed by atoms with van der Waals surface area (Å²) in [6.45, 7) is 7.80. The first-order valence-electron chi connectivity index (χ1n) is 14.1. The highest BCUT2D eigenvalue weighted by molar-refractivity contribution is 5.69. The molecule has 0 aromatic carbocycles. The van der Waals surface area contributed by atoms with Gasteiger partial charge in [-0.25, -0.2) is 0 Å². The van der Waals surface area contributed by atoms with E-state index in [-0.39, 0.29) is 5.97 Å². The maximum Gasteiger partial charge on any atom is 0.305 e. The summed E-state index contributed by atoms with van der Waals surface area (Å²) < 4.78 is 16.5. The Morgan fingerprint density at radius 3 is 1.28 bits per heavy atom. The average Bonchev–Trinajstić information content (AvgIpc) is 2.80. The number of carbonyl (C=O) groups excluding carboxylic acids is 1. The van der Waals surface area contributed by atoms with Crippen molar-refractivity contribution in [3.8, 4) is 0 Å². The first kappa shape index (κ1) is 31.4. The Morgan fingerprint density at radius 1 is 0.438 bits per heavy atom. The average molecular weight is 457 g/mol. The molecule has 0 rings (SSSR count). The fourth-order valence-electron chi connectivity index (χ4n) is 3.83. The quantitative estimate of drug-likeness (QED) is 0.0919. The number of carbonyl (C=O) groups is 1. The van der Waals surface area contributed by atoms with Crippen molar-refractivity contribution in [1.29, 1.82) is 0 Å². The van der Waals surface area contributed by atoms with Gasteiger partial charge in [0.1, 0.15) is 0 Å². The van der Waals surface area contributed by atoms with E-state index in [2.05, 4.69) is 13.8 Å². The van der Waals surface area contributed by atoms with Crippen LogP contribution in [0.2, 0.25) is 0 Å². The van der Waals surface area contributed by atoms with E-state index in [0.29, 0.717) is 32.8 Å². The van der Waals surface area contributed by atoms with Crippen molar-refractivity contribution < 1.29 is 19.0 Å². The maximum atomic E-state index is 11.7. The van der Waals surface area contributed by atoms with E-state index in [4.69, 9.17) is 14.2 Å². The van der Waals surface area contributed by atoms with E-state index in [0.717, 1.165) is 25.9 Å². The SMILES string of the molecule is CCCCCCCCCCCCOC(=O)CCCOCCOCCCCCCCCCC. The lowest BCUT2D eigenvalue weighted by Gasteiger charge is -2.07. The summed E-state index contributed by atoms with van der Waals surface area (Å²) in [6.07, 6.45) is 24.7. The molecule has 0 saturated heterocycles. The Balaban J connectivity index is 3.13. The van der Waals surface area contributed by atoms with Gasteiger partial charge in [-0.1, -0.05) is 117 Å². The van der Waals surface area contributed by atoms with Crippen molar-refractivity contribution in [3.63, 3.8) is 0 Å². The zero-order valence-electron chi connectivity index (χ0n) is 21.8. The van der Waals surface area contributed by atoms with Crippen LogP contribution in [-0.2, 0) is 19.0 Å². The Kier molecular flexibility index (Phi) is 27.9. The van der Waals surface area contributed by atoms with Crippen molar-refractivity contribution in [3.05, 3.63) is 0 Å². The molecule has 0 atom stereocenters. The van der Waals surface area contributed by atoms with E-state index < -0.39 is 0 Å². The monoisotopic (exact) mass is 456 g/mol. The molecular weight excluding hydrogens is 400 g/mol. The molecule has 0 unspecified atom stereocenters. The zero-order valence-corrected chi connectivity index (χ0v) is 21.8. The number of rotatable bonds is 27. The maximum absolute atomic E-state index is 11.7. The predicted molar refractivity (Wildman–Crippen MR) is 136 cm³/mol. The van der Waals surface area contributed by atoms with Gasteiger partial charge in [0.15, 0.2) is 0 Å². The van der Waals surface area contributed by atoms with Gasteiger partial charge >= 0.3 is 5.97 Å². The van der Waals surface area contributed by atoms with Crippen LogP contribution in [0.1, 0.15) is 142 Å². The molecule has 0 aliphatic rings. The molecule has 0 aromatic rings. The summed E-state index contributed by atoms with van der Waals surface area (Å²) in [5.41, 5.74) is 0. The van der Waals surface area contributed by atoms with E-state index in [9.17, 15) is 4.79 Å². The van der Waals surface area contributed by atoms with Gasteiger partial charge in [0, 0.05) is 19.6 Å². The number of hydrogen-bond acceptors (Lipinski definition) is 4. The van der Waals surface area contributed by atoms with Crippen LogP contribution in [0.5, 0.6) is 0 Å². The predicted octanol–water partition coefficient (Wildman–Crippen LogP) is 8.40. The highest BCUT2D eigenvalue weighted by Gasteiger charge is 2.02. The number of hydrogen-bond donors (Lipinski definition) is 0. The van der Waals surface area contributed by atoms with Gasteiger partial charge in [0.05, 0.1) is 19.8 Å².